The summed E-state index contributed by atoms with van der Waals surface area (Å²) in [5.74, 6) is 0.547. The zero-order valence-corrected chi connectivity index (χ0v) is 11.7. The molecule has 2 heterocycles. The molecule has 0 spiro atoms. The van der Waals surface area contributed by atoms with Crippen molar-refractivity contribution in [3.05, 3.63) is 47.9 Å². The number of anilines is 2. The van der Waals surface area contributed by atoms with E-state index < -0.39 is 0 Å². The Hall–Kier alpha value is -2.43. The molecule has 0 radical (unpaired) electrons. The lowest BCUT2D eigenvalue weighted by Crippen LogP contribution is -2.14. The summed E-state index contributed by atoms with van der Waals surface area (Å²) in [5.41, 5.74) is 2.27. The second-order valence-corrected chi connectivity index (χ2v) is 4.50. The number of nitrogens with zero attached hydrogens (tertiary/aromatic N) is 2. The maximum Gasteiger partial charge on any atom is 0.255 e. The molecule has 5 nitrogen and oxygen atoms in total. The molecular weight excluding hydrogens is 252 g/mol. The van der Waals surface area contributed by atoms with Crippen LogP contribution in [0.15, 0.2) is 36.8 Å². The number of pyridine rings is 2. The summed E-state index contributed by atoms with van der Waals surface area (Å²) in [5, 5.41) is 6.01. The van der Waals surface area contributed by atoms with Crippen molar-refractivity contribution in [1.29, 1.82) is 0 Å². The number of hydrogen-bond acceptors (Lipinski definition) is 4. The first kappa shape index (κ1) is 14.0. The minimum absolute atomic E-state index is 0.164. The number of nitrogens with one attached hydrogen (secondary N) is 2. The van der Waals surface area contributed by atoms with Crippen molar-refractivity contribution in [3.63, 3.8) is 0 Å². The summed E-state index contributed by atoms with van der Waals surface area (Å²) in [6, 6.07) is 5.30. The average molecular weight is 270 g/mol. The van der Waals surface area contributed by atoms with Crippen LogP contribution in [0.2, 0.25) is 0 Å². The van der Waals surface area contributed by atoms with Crippen LogP contribution in [0, 0.1) is 6.92 Å². The van der Waals surface area contributed by atoms with Crippen molar-refractivity contribution in [2.24, 2.45) is 0 Å². The minimum atomic E-state index is -0.164. The van der Waals surface area contributed by atoms with Gasteiger partial charge in [0.25, 0.3) is 5.91 Å². The maximum absolute atomic E-state index is 12.2. The molecule has 0 atom stereocenters. The lowest BCUT2D eigenvalue weighted by molar-refractivity contribution is 0.102. The maximum atomic E-state index is 12.2. The molecule has 0 bridgehead atoms. The van der Waals surface area contributed by atoms with Crippen molar-refractivity contribution in [2.45, 2.75) is 20.3 Å². The van der Waals surface area contributed by atoms with E-state index in [1.807, 2.05) is 13.0 Å². The predicted molar refractivity (Wildman–Crippen MR) is 79.9 cm³/mol. The molecule has 0 aliphatic heterocycles. The smallest absolute Gasteiger partial charge is 0.255 e. The number of aromatic nitrogens is 2. The molecule has 0 fully saturated rings. The second-order valence-electron chi connectivity index (χ2n) is 4.50. The van der Waals surface area contributed by atoms with E-state index in [9.17, 15) is 4.79 Å². The molecule has 2 aromatic heterocycles. The molecule has 2 rings (SSSR count). The van der Waals surface area contributed by atoms with Gasteiger partial charge in [0.2, 0.25) is 0 Å². The number of carbonyl (C=O) groups excluding carboxylic acids is 1. The molecule has 5 heteroatoms. The quantitative estimate of drug-likeness (QED) is 0.876. The van der Waals surface area contributed by atoms with E-state index in [1.165, 1.54) is 0 Å². The lowest BCUT2D eigenvalue weighted by atomic mass is 10.2. The van der Waals surface area contributed by atoms with Gasteiger partial charge in [-0.15, -0.1) is 0 Å². The third kappa shape index (κ3) is 3.54. The van der Waals surface area contributed by atoms with Crippen LogP contribution in [0.25, 0.3) is 0 Å². The monoisotopic (exact) mass is 270 g/mol. The number of carbonyl (C=O) groups is 1. The normalized spacial score (nSPS) is 10.1. The zero-order valence-electron chi connectivity index (χ0n) is 11.7. The summed E-state index contributed by atoms with van der Waals surface area (Å²) in [7, 11) is 0. The van der Waals surface area contributed by atoms with Gasteiger partial charge in [-0.1, -0.05) is 6.92 Å². The second kappa shape index (κ2) is 6.65. The Labute approximate surface area is 118 Å². The van der Waals surface area contributed by atoms with Gasteiger partial charge in [-0.2, -0.15) is 0 Å². The van der Waals surface area contributed by atoms with Crippen molar-refractivity contribution in [2.75, 3.05) is 17.2 Å². The molecule has 0 aromatic carbocycles. The Morgan fingerprint density at radius 1 is 1.30 bits per heavy atom. The Balaban J connectivity index is 2.11. The van der Waals surface area contributed by atoms with E-state index in [4.69, 9.17) is 0 Å². The first-order valence-corrected chi connectivity index (χ1v) is 6.62. The number of hydrogen-bond donors (Lipinski definition) is 2. The minimum Gasteiger partial charge on any atom is -0.370 e. The highest BCUT2D eigenvalue weighted by atomic mass is 16.1. The molecule has 0 saturated carbocycles. The van der Waals surface area contributed by atoms with Crippen LogP contribution in [-0.2, 0) is 0 Å². The highest BCUT2D eigenvalue weighted by Crippen LogP contribution is 2.14. The van der Waals surface area contributed by atoms with Crippen molar-refractivity contribution in [3.8, 4) is 0 Å². The van der Waals surface area contributed by atoms with E-state index >= 15 is 0 Å². The largest absolute Gasteiger partial charge is 0.370 e. The van der Waals surface area contributed by atoms with Gasteiger partial charge in [-0.25, -0.2) is 4.98 Å². The Bertz CT molecular complexity index is 598. The van der Waals surface area contributed by atoms with Crippen LogP contribution in [0.4, 0.5) is 11.5 Å². The highest BCUT2D eigenvalue weighted by molar-refractivity contribution is 6.04. The topological polar surface area (TPSA) is 66.9 Å². The number of aryl methyl sites for hydroxylation is 1. The average Bonchev–Trinajstić information content (AvgIpc) is 2.48. The molecular formula is C15H18N4O. The van der Waals surface area contributed by atoms with Crippen LogP contribution in [0.1, 0.15) is 29.3 Å². The lowest BCUT2D eigenvalue weighted by Gasteiger charge is -2.09. The summed E-state index contributed by atoms with van der Waals surface area (Å²) < 4.78 is 0. The van der Waals surface area contributed by atoms with Gasteiger partial charge in [-0.3, -0.25) is 9.78 Å². The summed E-state index contributed by atoms with van der Waals surface area (Å²) in [4.78, 5) is 20.4. The van der Waals surface area contributed by atoms with E-state index in [0.717, 1.165) is 24.2 Å². The van der Waals surface area contributed by atoms with Gasteiger partial charge in [-0.05, 0) is 37.1 Å². The summed E-state index contributed by atoms with van der Waals surface area (Å²) in [6.07, 6.45) is 5.98. The fourth-order valence-electron chi connectivity index (χ4n) is 1.71. The zero-order chi connectivity index (χ0) is 14.4. The van der Waals surface area contributed by atoms with Gasteiger partial charge in [0.15, 0.2) is 0 Å². The van der Waals surface area contributed by atoms with Crippen LogP contribution in [0.5, 0.6) is 0 Å². The fraction of sp³-hybridized carbons (Fsp3) is 0.267. The third-order valence-electron chi connectivity index (χ3n) is 2.87. The van der Waals surface area contributed by atoms with Crippen molar-refractivity contribution < 1.29 is 4.79 Å². The third-order valence-corrected chi connectivity index (χ3v) is 2.87. The van der Waals surface area contributed by atoms with Crippen LogP contribution in [0.3, 0.4) is 0 Å². The highest BCUT2D eigenvalue weighted by Gasteiger charge is 2.08. The molecule has 2 aromatic rings. The fourth-order valence-corrected chi connectivity index (χ4v) is 1.71. The first-order chi connectivity index (χ1) is 9.70. The molecule has 0 aliphatic carbocycles. The molecule has 20 heavy (non-hydrogen) atoms. The van der Waals surface area contributed by atoms with Crippen LogP contribution < -0.4 is 10.6 Å². The summed E-state index contributed by atoms with van der Waals surface area (Å²) >= 11 is 0. The molecule has 2 N–H and O–H groups in total. The van der Waals surface area contributed by atoms with Crippen molar-refractivity contribution >= 4 is 17.4 Å². The van der Waals surface area contributed by atoms with E-state index in [-0.39, 0.29) is 5.91 Å². The predicted octanol–water partition coefficient (Wildman–Crippen LogP) is 2.86. The molecule has 104 valence electrons. The standard InChI is InChI=1S/C15H18N4O/c1-3-6-17-14-9-12(5-8-18-14)15(20)19-13-10-16-7-4-11(13)2/h4-5,7-10H,3,6H2,1-2H3,(H,17,18)(H,19,20). The van der Waals surface area contributed by atoms with E-state index in [0.29, 0.717) is 11.4 Å². The molecule has 1 amide bonds. The first-order valence-electron chi connectivity index (χ1n) is 6.62. The van der Waals surface area contributed by atoms with Crippen LogP contribution in [-0.4, -0.2) is 22.4 Å². The number of amides is 1. The van der Waals surface area contributed by atoms with Gasteiger partial charge in [0.1, 0.15) is 5.82 Å². The molecule has 0 unspecified atom stereocenters. The Morgan fingerprint density at radius 3 is 2.90 bits per heavy atom. The summed E-state index contributed by atoms with van der Waals surface area (Å²) in [6.45, 7) is 4.84. The van der Waals surface area contributed by atoms with Crippen LogP contribution >= 0.6 is 0 Å². The SMILES string of the molecule is CCCNc1cc(C(=O)Nc2cnccc2C)ccn1. The molecule has 0 saturated heterocycles. The van der Waals surface area contributed by atoms with Gasteiger partial charge in [0, 0.05) is 24.5 Å². The van der Waals surface area contributed by atoms with E-state index in [2.05, 4.69) is 27.5 Å². The van der Waals surface area contributed by atoms with Crippen molar-refractivity contribution in [1.82, 2.24) is 9.97 Å². The Kier molecular flexibility index (Phi) is 4.65. The number of rotatable bonds is 5. The Morgan fingerprint density at radius 2 is 2.15 bits per heavy atom. The van der Waals surface area contributed by atoms with E-state index in [1.54, 1.807) is 30.7 Å². The molecule has 0 aliphatic rings. The van der Waals surface area contributed by atoms with Gasteiger partial charge >= 0.3 is 0 Å². The van der Waals surface area contributed by atoms with Gasteiger partial charge < -0.3 is 10.6 Å². The van der Waals surface area contributed by atoms with Gasteiger partial charge in [0.05, 0.1) is 11.9 Å².